The fourth-order valence-electron chi connectivity index (χ4n) is 2.71. The first-order chi connectivity index (χ1) is 8.43. The molecule has 0 aliphatic carbocycles. The van der Waals surface area contributed by atoms with Crippen molar-refractivity contribution in [1.29, 1.82) is 0 Å². The third-order valence-corrected chi connectivity index (χ3v) is 3.55. The van der Waals surface area contributed by atoms with Crippen molar-refractivity contribution in [3.63, 3.8) is 0 Å². The number of fused-ring (bicyclic) bond motifs is 5. The molecule has 3 heterocycles. The molecule has 2 heteroatoms. The molecular weight excluding hydrogens is 208 g/mol. The van der Waals surface area contributed by atoms with Crippen molar-refractivity contribution in [3.05, 3.63) is 48.3 Å². The first-order valence-corrected chi connectivity index (χ1v) is 6.03. The van der Waals surface area contributed by atoms with Crippen LogP contribution in [0.15, 0.2) is 42.6 Å². The molecule has 0 saturated heterocycles. The number of aryl methyl sites for hydroxylation is 1. The van der Waals surface area contributed by atoms with Gasteiger partial charge in [0.15, 0.2) is 12.7 Å². The number of pyridine rings is 1. The fraction of sp³-hybridized carbons (Fsp3) is 0.133. The van der Waals surface area contributed by atoms with Crippen LogP contribution in [0.4, 0.5) is 0 Å². The van der Waals surface area contributed by atoms with Crippen LogP contribution in [0.1, 0.15) is 12.1 Å². The highest BCUT2D eigenvalue weighted by atomic mass is 15.0. The summed E-state index contributed by atoms with van der Waals surface area (Å²) in [6.07, 6.45) is 7.80. The van der Waals surface area contributed by atoms with Crippen molar-refractivity contribution in [2.45, 2.75) is 13.0 Å². The van der Waals surface area contributed by atoms with E-state index in [9.17, 15) is 0 Å². The van der Waals surface area contributed by atoms with Gasteiger partial charge in [0.1, 0.15) is 5.52 Å². The van der Waals surface area contributed by atoms with Crippen molar-refractivity contribution in [2.24, 2.45) is 0 Å². The molecule has 4 rings (SSSR count). The molecular formula is C15H13N2+. The monoisotopic (exact) mass is 221 g/mol. The van der Waals surface area contributed by atoms with Crippen molar-refractivity contribution >= 4 is 27.9 Å². The summed E-state index contributed by atoms with van der Waals surface area (Å²) in [6, 6.07) is 10.7. The summed E-state index contributed by atoms with van der Waals surface area (Å²) >= 11 is 0. The second kappa shape index (κ2) is 3.20. The van der Waals surface area contributed by atoms with Gasteiger partial charge in [-0.1, -0.05) is 24.3 Å². The zero-order valence-corrected chi connectivity index (χ0v) is 9.48. The highest BCUT2D eigenvalue weighted by Gasteiger charge is 2.17. The lowest BCUT2D eigenvalue weighted by atomic mass is 10.1. The first-order valence-electron chi connectivity index (χ1n) is 6.03. The van der Waals surface area contributed by atoms with Gasteiger partial charge in [-0.3, -0.25) is 0 Å². The Labute approximate surface area is 99.2 Å². The van der Waals surface area contributed by atoms with E-state index in [1.165, 1.54) is 27.5 Å². The molecule has 82 valence electrons. The molecule has 0 atom stereocenters. The topological polar surface area (TPSA) is 19.7 Å². The average molecular weight is 221 g/mol. The molecule has 0 saturated carbocycles. The number of nitrogens with one attached hydrogen (secondary N) is 1. The number of para-hydroxylation sites is 1. The van der Waals surface area contributed by atoms with Crippen molar-refractivity contribution in [2.75, 3.05) is 0 Å². The Morgan fingerprint density at radius 1 is 1.06 bits per heavy atom. The lowest BCUT2D eigenvalue weighted by Gasteiger charge is -2.04. The molecule has 1 N–H and O–H groups in total. The number of allylic oxidation sites excluding steroid dienone is 1. The summed E-state index contributed by atoms with van der Waals surface area (Å²) in [5.41, 5.74) is 3.77. The zero-order valence-electron chi connectivity index (χ0n) is 9.48. The Morgan fingerprint density at radius 3 is 3.00 bits per heavy atom. The second-order valence-electron chi connectivity index (χ2n) is 4.54. The van der Waals surface area contributed by atoms with E-state index < -0.39 is 0 Å². The SMILES string of the molecule is C1=Cc2c3[nH]c4ccccc4c3cc[n+]2CC1. The maximum absolute atomic E-state index is 3.53. The maximum atomic E-state index is 3.53. The third kappa shape index (κ3) is 1.18. The van der Waals surface area contributed by atoms with Gasteiger partial charge >= 0.3 is 0 Å². The van der Waals surface area contributed by atoms with Crippen LogP contribution in [0.3, 0.4) is 0 Å². The third-order valence-electron chi connectivity index (χ3n) is 3.55. The van der Waals surface area contributed by atoms with Gasteiger partial charge in [-0.15, -0.1) is 0 Å². The lowest BCUT2D eigenvalue weighted by Crippen LogP contribution is -2.38. The fourth-order valence-corrected chi connectivity index (χ4v) is 2.71. The molecule has 1 aromatic carbocycles. The minimum absolute atomic E-state index is 1.08. The van der Waals surface area contributed by atoms with E-state index in [0.29, 0.717) is 0 Å². The molecule has 2 nitrogen and oxygen atoms in total. The van der Waals surface area contributed by atoms with Gasteiger partial charge < -0.3 is 4.98 Å². The summed E-state index contributed by atoms with van der Waals surface area (Å²) in [6.45, 7) is 1.08. The quantitative estimate of drug-likeness (QED) is 0.563. The predicted molar refractivity (Wildman–Crippen MR) is 69.7 cm³/mol. The maximum Gasteiger partial charge on any atom is 0.229 e. The molecule has 2 aromatic heterocycles. The molecule has 3 aromatic rings. The van der Waals surface area contributed by atoms with Crippen molar-refractivity contribution < 1.29 is 4.57 Å². The number of aromatic nitrogens is 2. The number of nitrogens with zero attached hydrogens (tertiary/aromatic N) is 1. The number of hydrogen-bond donors (Lipinski definition) is 1. The van der Waals surface area contributed by atoms with Crippen LogP contribution in [0.5, 0.6) is 0 Å². The highest BCUT2D eigenvalue weighted by Crippen LogP contribution is 2.27. The van der Waals surface area contributed by atoms with E-state index >= 15 is 0 Å². The number of hydrogen-bond acceptors (Lipinski definition) is 0. The van der Waals surface area contributed by atoms with Crippen LogP contribution in [0, 0.1) is 0 Å². The minimum Gasteiger partial charge on any atom is -0.349 e. The molecule has 0 spiro atoms. The Kier molecular flexibility index (Phi) is 1.69. The summed E-state index contributed by atoms with van der Waals surface area (Å²) in [5.74, 6) is 0. The molecule has 0 unspecified atom stereocenters. The van der Waals surface area contributed by atoms with Gasteiger partial charge in [0, 0.05) is 34.9 Å². The Balaban J connectivity index is 2.22. The summed E-state index contributed by atoms with van der Waals surface area (Å²) < 4.78 is 2.32. The molecule has 1 aliphatic rings. The van der Waals surface area contributed by atoms with Crippen LogP contribution >= 0.6 is 0 Å². The van der Waals surface area contributed by atoms with Crippen LogP contribution in [-0.4, -0.2) is 4.98 Å². The van der Waals surface area contributed by atoms with E-state index in [-0.39, 0.29) is 0 Å². The Hall–Kier alpha value is -2.09. The van der Waals surface area contributed by atoms with Gasteiger partial charge in [0.25, 0.3) is 0 Å². The van der Waals surface area contributed by atoms with Gasteiger partial charge in [-0.2, -0.15) is 4.57 Å². The minimum atomic E-state index is 1.08. The zero-order chi connectivity index (χ0) is 11.2. The molecule has 0 amide bonds. The molecule has 0 radical (unpaired) electrons. The van der Waals surface area contributed by atoms with Gasteiger partial charge in [-0.05, 0) is 6.07 Å². The van der Waals surface area contributed by atoms with Gasteiger partial charge in [0.2, 0.25) is 5.69 Å². The Morgan fingerprint density at radius 2 is 2.00 bits per heavy atom. The van der Waals surface area contributed by atoms with E-state index in [1.807, 2.05) is 0 Å². The van der Waals surface area contributed by atoms with E-state index in [0.717, 1.165) is 13.0 Å². The number of benzene rings is 1. The van der Waals surface area contributed by atoms with Crippen LogP contribution in [0.2, 0.25) is 0 Å². The normalized spacial score (nSPS) is 14.4. The first kappa shape index (κ1) is 8.99. The van der Waals surface area contributed by atoms with Crippen LogP contribution in [0.25, 0.3) is 27.9 Å². The average Bonchev–Trinajstić information content (AvgIpc) is 2.78. The largest absolute Gasteiger partial charge is 0.349 e. The molecule has 1 aliphatic heterocycles. The number of aromatic amines is 1. The van der Waals surface area contributed by atoms with Gasteiger partial charge in [-0.25, -0.2) is 0 Å². The summed E-state index contributed by atoms with van der Waals surface area (Å²) in [5, 5.41) is 2.63. The van der Waals surface area contributed by atoms with E-state index in [4.69, 9.17) is 0 Å². The van der Waals surface area contributed by atoms with E-state index in [2.05, 4.69) is 58.2 Å². The molecule has 0 fully saturated rings. The summed E-state index contributed by atoms with van der Waals surface area (Å²) in [7, 11) is 0. The van der Waals surface area contributed by atoms with Crippen molar-refractivity contribution in [1.82, 2.24) is 4.98 Å². The van der Waals surface area contributed by atoms with Crippen LogP contribution < -0.4 is 4.57 Å². The number of H-pyrrole nitrogens is 1. The summed E-state index contributed by atoms with van der Waals surface area (Å²) in [4.78, 5) is 3.53. The van der Waals surface area contributed by atoms with Crippen LogP contribution in [-0.2, 0) is 6.54 Å². The second-order valence-corrected chi connectivity index (χ2v) is 4.54. The highest BCUT2D eigenvalue weighted by molar-refractivity contribution is 6.08. The lowest BCUT2D eigenvalue weighted by molar-refractivity contribution is -0.697. The molecule has 17 heavy (non-hydrogen) atoms. The smallest absolute Gasteiger partial charge is 0.229 e. The number of rotatable bonds is 0. The van der Waals surface area contributed by atoms with E-state index in [1.54, 1.807) is 0 Å². The van der Waals surface area contributed by atoms with Crippen molar-refractivity contribution in [3.8, 4) is 0 Å². The predicted octanol–water partition coefficient (Wildman–Crippen LogP) is 3.03. The molecule has 0 bridgehead atoms. The Bertz CT molecular complexity index is 750. The van der Waals surface area contributed by atoms with Gasteiger partial charge in [0.05, 0.1) is 0 Å². The standard InChI is InChI=1S/C15H12N2/c1-2-6-13-11(5-1)12-8-10-17-9-4-3-7-14(17)15(12)16-13/h1-3,5-8,10H,4,9H2/p+1.